The zero-order chi connectivity index (χ0) is 15.5. The first-order chi connectivity index (χ1) is 10.7. The minimum Gasteiger partial charge on any atom is -0.377 e. The Bertz CT molecular complexity index is 516. The molecule has 0 aromatic heterocycles. The number of piperidine rings is 1. The van der Waals surface area contributed by atoms with Crippen LogP contribution < -0.4 is 5.32 Å². The Balaban J connectivity index is 1.63. The van der Waals surface area contributed by atoms with E-state index in [0.29, 0.717) is 18.4 Å². The molecule has 2 aliphatic rings. The summed E-state index contributed by atoms with van der Waals surface area (Å²) in [5.74, 6) is 0.370. The molecule has 1 aliphatic heterocycles. The van der Waals surface area contributed by atoms with E-state index in [0.717, 1.165) is 18.7 Å². The molecule has 1 N–H and O–H groups in total. The minimum atomic E-state index is 0.149. The molecule has 3 rings (SSSR count). The molecule has 0 unspecified atom stereocenters. The highest BCUT2D eigenvalue weighted by atomic mass is 16.1. The van der Waals surface area contributed by atoms with E-state index >= 15 is 0 Å². The molecule has 120 valence electrons. The van der Waals surface area contributed by atoms with E-state index < -0.39 is 0 Å². The predicted molar refractivity (Wildman–Crippen MR) is 91.4 cm³/mol. The number of carbonyl (C=O) groups is 1. The minimum absolute atomic E-state index is 0.149. The van der Waals surface area contributed by atoms with Crippen LogP contribution in [0, 0.1) is 13.8 Å². The highest BCUT2D eigenvalue weighted by molar-refractivity contribution is 5.88. The largest absolute Gasteiger partial charge is 0.377 e. The van der Waals surface area contributed by atoms with Gasteiger partial charge in [-0.3, -0.25) is 9.69 Å². The van der Waals surface area contributed by atoms with Crippen LogP contribution in [0.1, 0.15) is 49.7 Å². The standard InChI is InChI=1S/C19H28N2O/c1-14-7-5-8-15(2)19(14)20-13-18(22)17-11-3-4-12-21(17)16-9-6-10-16/h5,7-8,16-17,20H,3-4,6,9-13H2,1-2H3/t17-/m0/s1. The lowest BCUT2D eigenvalue weighted by Gasteiger charge is -2.44. The van der Waals surface area contributed by atoms with E-state index in [-0.39, 0.29) is 6.04 Å². The number of nitrogens with one attached hydrogen (secondary N) is 1. The predicted octanol–water partition coefficient (Wildman–Crippen LogP) is 3.69. The van der Waals surface area contributed by atoms with Crippen molar-refractivity contribution in [1.82, 2.24) is 4.90 Å². The summed E-state index contributed by atoms with van der Waals surface area (Å²) >= 11 is 0. The number of benzene rings is 1. The van der Waals surface area contributed by atoms with Gasteiger partial charge in [-0.1, -0.05) is 31.0 Å². The number of para-hydroxylation sites is 1. The molecule has 2 fully saturated rings. The molecule has 0 spiro atoms. The maximum Gasteiger partial charge on any atom is 0.168 e. The molecule has 1 atom stereocenters. The topological polar surface area (TPSA) is 32.3 Å². The van der Waals surface area contributed by atoms with Crippen LogP contribution in [0.3, 0.4) is 0 Å². The van der Waals surface area contributed by atoms with Crippen molar-refractivity contribution in [2.45, 2.75) is 64.5 Å². The van der Waals surface area contributed by atoms with Crippen molar-refractivity contribution in [3.63, 3.8) is 0 Å². The van der Waals surface area contributed by atoms with Gasteiger partial charge >= 0.3 is 0 Å². The van der Waals surface area contributed by atoms with Crippen molar-refractivity contribution in [2.75, 3.05) is 18.4 Å². The molecule has 0 bridgehead atoms. The lowest BCUT2D eigenvalue weighted by Crippen LogP contribution is -2.53. The molecule has 1 saturated heterocycles. The number of hydrogen-bond acceptors (Lipinski definition) is 3. The molecular formula is C19H28N2O. The van der Waals surface area contributed by atoms with E-state index in [1.54, 1.807) is 0 Å². The third-order valence-electron chi connectivity index (χ3n) is 5.38. The molecule has 1 aliphatic carbocycles. The van der Waals surface area contributed by atoms with Crippen LogP contribution in [-0.4, -0.2) is 35.9 Å². The fraction of sp³-hybridized carbons (Fsp3) is 0.632. The maximum absolute atomic E-state index is 12.7. The summed E-state index contributed by atoms with van der Waals surface area (Å²) in [6.45, 7) is 5.77. The zero-order valence-corrected chi connectivity index (χ0v) is 13.9. The quantitative estimate of drug-likeness (QED) is 0.900. The number of hydrogen-bond donors (Lipinski definition) is 1. The first-order valence-electron chi connectivity index (χ1n) is 8.75. The Morgan fingerprint density at radius 1 is 1.14 bits per heavy atom. The smallest absolute Gasteiger partial charge is 0.168 e. The fourth-order valence-electron chi connectivity index (χ4n) is 3.84. The van der Waals surface area contributed by atoms with Gasteiger partial charge in [0.2, 0.25) is 0 Å². The summed E-state index contributed by atoms with van der Waals surface area (Å²) in [5, 5.41) is 3.40. The van der Waals surface area contributed by atoms with Crippen molar-refractivity contribution in [2.24, 2.45) is 0 Å². The van der Waals surface area contributed by atoms with Gasteiger partial charge in [0, 0.05) is 11.7 Å². The van der Waals surface area contributed by atoms with Crippen molar-refractivity contribution in [1.29, 1.82) is 0 Å². The van der Waals surface area contributed by atoms with E-state index in [1.165, 1.54) is 43.2 Å². The number of likely N-dealkylation sites (tertiary alicyclic amines) is 1. The fourth-order valence-corrected chi connectivity index (χ4v) is 3.84. The van der Waals surface area contributed by atoms with Gasteiger partial charge in [0.25, 0.3) is 0 Å². The molecule has 22 heavy (non-hydrogen) atoms. The maximum atomic E-state index is 12.7. The SMILES string of the molecule is Cc1cccc(C)c1NCC(=O)[C@@H]1CCCCN1C1CCC1. The van der Waals surface area contributed by atoms with Gasteiger partial charge in [0.05, 0.1) is 12.6 Å². The second-order valence-corrected chi connectivity index (χ2v) is 6.92. The lowest BCUT2D eigenvalue weighted by atomic mass is 9.86. The van der Waals surface area contributed by atoms with E-state index in [9.17, 15) is 4.79 Å². The number of anilines is 1. The second-order valence-electron chi connectivity index (χ2n) is 6.92. The highest BCUT2D eigenvalue weighted by Gasteiger charge is 2.35. The average Bonchev–Trinajstić information content (AvgIpc) is 2.45. The summed E-state index contributed by atoms with van der Waals surface area (Å²) in [6, 6.07) is 7.09. The highest BCUT2D eigenvalue weighted by Crippen LogP contribution is 2.31. The summed E-state index contributed by atoms with van der Waals surface area (Å²) in [4.78, 5) is 15.2. The molecule has 0 amide bonds. The Kier molecular flexibility index (Phi) is 4.82. The van der Waals surface area contributed by atoms with Crippen LogP contribution in [0.5, 0.6) is 0 Å². The molecule has 1 saturated carbocycles. The van der Waals surface area contributed by atoms with Gasteiger partial charge in [-0.2, -0.15) is 0 Å². The van der Waals surface area contributed by atoms with Crippen molar-refractivity contribution >= 4 is 11.5 Å². The van der Waals surface area contributed by atoms with Gasteiger partial charge in [0.15, 0.2) is 5.78 Å². The molecule has 3 heteroatoms. The summed E-state index contributed by atoms with van der Waals surface area (Å²) in [6.07, 6.45) is 7.41. The van der Waals surface area contributed by atoms with Crippen LogP contribution in [-0.2, 0) is 4.79 Å². The zero-order valence-electron chi connectivity index (χ0n) is 13.9. The van der Waals surface area contributed by atoms with Gasteiger partial charge < -0.3 is 5.32 Å². The molecule has 3 nitrogen and oxygen atoms in total. The Morgan fingerprint density at radius 3 is 2.50 bits per heavy atom. The van der Waals surface area contributed by atoms with Crippen molar-refractivity contribution < 1.29 is 4.79 Å². The third-order valence-corrected chi connectivity index (χ3v) is 5.38. The first-order valence-corrected chi connectivity index (χ1v) is 8.75. The van der Waals surface area contributed by atoms with Crippen LogP contribution in [0.15, 0.2) is 18.2 Å². The van der Waals surface area contributed by atoms with Gasteiger partial charge in [-0.05, 0) is 57.2 Å². The lowest BCUT2D eigenvalue weighted by molar-refractivity contribution is -0.125. The first kappa shape index (κ1) is 15.5. The Labute approximate surface area is 134 Å². The molecule has 0 radical (unpaired) electrons. The normalized spacial score (nSPS) is 23.1. The number of Topliss-reactive ketones (excluding diaryl/α,β-unsaturated/α-hetero) is 1. The van der Waals surface area contributed by atoms with Crippen LogP contribution in [0.25, 0.3) is 0 Å². The van der Waals surface area contributed by atoms with Gasteiger partial charge in [-0.15, -0.1) is 0 Å². The number of carbonyl (C=O) groups excluding carboxylic acids is 1. The average molecular weight is 300 g/mol. The summed E-state index contributed by atoms with van der Waals surface area (Å²) < 4.78 is 0. The van der Waals surface area contributed by atoms with Crippen LogP contribution in [0.4, 0.5) is 5.69 Å². The third kappa shape index (κ3) is 3.19. The van der Waals surface area contributed by atoms with Gasteiger partial charge in [-0.25, -0.2) is 0 Å². The molecule has 1 heterocycles. The van der Waals surface area contributed by atoms with Gasteiger partial charge in [0.1, 0.15) is 0 Å². The number of rotatable bonds is 5. The van der Waals surface area contributed by atoms with Crippen molar-refractivity contribution in [3.8, 4) is 0 Å². The number of aryl methyl sites for hydroxylation is 2. The summed E-state index contributed by atoms with van der Waals surface area (Å²) in [7, 11) is 0. The van der Waals surface area contributed by atoms with E-state index in [4.69, 9.17) is 0 Å². The molecule has 1 aromatic carbocycles. The van der Waals surface area contributed by atoms with Crippen LogP contribution in [0.2, 0.25) is 0 Å². The Morgan fingerprint density at radius 2 is 1.86 bits per heavy atom. The second kappa shape index (κ2) is 6.82. The van der Waals surface area contributed by atoms with Crippen LogP contribution >= 0.6 is 0 Å². The van der Waals surface area contributed by atoms with E-state index in [2.05, 4.69) is 42.3 Å². The monoisotopic (exact) mass is 300 g/mol. The molecule has 1 aromatic rings. The summed E-state index contributed by atoms with van der Waals surface area (Å²) in [5.41, 5.74) is 3.56. The Hall–Kier alpha value is -1.35. The number of nitrogens with zero attached hydrogens (tertiary/aromatic N) is 1. The molecular weight excluding hydrogens is 272 g/mol. The number of ketones is 1. The van der Waals surface area contributed by atoms with Crippen molar-refractivity contribution in [3.05, 3.63) is 29.3 Å². The van der Waals surface area contributed by atoms with E-state index in [1.807, 2.05) is 0 Å².